The molecule has 0 saturated heterocycles. The van der Waals surface area contributed by atoms with E-state index in [1.165, 1.54) is 0 Å². The lowest BCUT2D eigenvalue weighted by molar-refractivity contribution is 0.0943. The quantitative estimate of drug-likeness (QED) is 0.820. The second-order valence-corrected chi connectivity index (χ2v) is 4.82. The molecule has 0 aromatic heterocycles. The predicted octanol–water partition coefficient (Wildman–Crippen LogP) is 1.76. The van der Waals surface area contributed by atoms with Crippen LogP contribution in [0, 0.1) is 17.6 Å². The number of amides is 1. The lowest BCUT2D eigenvalue weighted by Gasteiger charge is -2.16. The molecule has 6 heteroatoms. The van der Waals surface area contributed by atoms with E-state index in [1.54, 1.807) is 0 Å². The van der Waals surface area contributed by atoms with Crippen molar-refractivity contribution in [2.45, 2.75) is 18.9 Å². The summed E-state index contributed by atoms with van der Waals surface area (Å²) >= 11 is 4.87. The molecule has 1 fully saturated rings. The maximum atomic E-state index is 13.0. The van der Waals surface area contributed by atoms with Crippen LogP contribution in [0.3, 0.4) is 0 Å². The largest absolute Gasteiger partial charge is 0.392 e. The van der Waals surface area contributed by atoms with E-state index in [1.807, 2.05) is 0 Å². The van der Waals surface area contributed by atoms with Crippen molar-refractivity contribution >= 4 is 23.1 Å². The highest BCUT2D eigenvalue weighted by Gasteiger charge is 2.34. The Hall–Kier alpha value is -1.56. The predicted molar refractivity (Wildman–Crippen MR) is 67.1 cm³/mol. The van der Waals surface area contributed by atoms with Crippen LogP contribution in [0.15, 0.2) is 18.2 Å². The molecule has 0 spiro atoms. The zero-order chi connectivity index (χ0) is 13.3. The monoisotopic (exact) mass is 270 g/mol. The van der Waals surface area contributed by atoms with Crippen molar-refractivity contribution in [1.29, 1.82) is 0 Å². The van der Waals surface area contributed by atoms with Gasteiger partial charge in [0.1, 0.15) is 11.6 Å². The fourth-order valence-electron chi connectivity index (χ4n) is 1.76. The normalized spacial score (nSPS) is 16.1. The number of hydrogen-bond acceptors (Lipinski definition) is 2. The zero-order valence-electron chi connectivity index (χ0n) is 9.45. The van der Waals surface area contributed by atoms with Crippen molar-refractivity contribution < 1.29 is 13.6 Å². The molecule has 1 aromatic carbocycles. The molecule has 3 N–H and O–H groups in total. The molecular weight excluding hydrogens is 258 g/mol. The third-order valence-electron chi connectivity index (χ3n) is 2.81. The summed E-state index contributed by atoms with van der Waals surface area (Å²) < 4.78 is 26.0. The fourth-order valence-corrected chi connectivity index (χ4v) is 2.01. The molecule has 96 valence electrons. The van der Waals surface area contributed by atoms with Gasteiger partial charge in [0.05, 0.1) is 11.0 Å². The Morgan fingerprint density at radius 2 is 1.89 bits per heavy atom. The highest BCUT2D eigenvalue weighted by molar-refractivity contribution is 7.80. The summed E-state index contributed by atoms with van der Waals surface area (Å²) in [6.07, 6.45) is 1.89. The Morgan fingerprint density at radius 3 is 2.33 bits per heavy atom. The first kappa shape index (κ1) is 12.9. The van der Waals surface area contributed by atoms with Crippen LogP contribution in [0.5, 0.6) is 0 Å². The smallest absolute Gasteiger partial charge is 0.252 e. The van der Waals surface area contributed by atoms with Crippen LogP contribution in [0.1, 0.15) is 23.2 Å². The van der Waals surface area contributed by atoms with Crippen LogP contribution in [-0.2, 0) is 0 Å². The zero-order valence-corrected chi connectivity index (χ0v) is 10.3. The number of nitrogens with two attached hydrogens (primary N) is 1. The minimum Gasteiger partial charge on any atom is -0.392 e. The molecule has 3 nitrogen and oxygen atoms in total. The molecule has 1 amide bonds. The van der Waals surface area contributed by atoms with E-state index in [9.17, 15) is 13.6 Å². The topological polar surface area (TPSA) is 55.1 Å². The first-order valence-electron chi connectivity index (χ1n) is 5.53. The fraction of sp³-hybridized carbons (Fsp3) is 0.333. The van der Waals surface area contributed by atoms with Crippen LogP contribution in [0.2, 0.25) is 0 Å². The van der Waals surface area contributed by atoms with Gasteiger partial charge in [-0.2, -0.15) is 0 Å². The maximum Gasteiger partial charge on any atom is 0.252 e. The van der Waals surface area contributed by atoms with E-state index >= 15 is 0 Å². The third kappa shape index (κ3) is 3.01. The number of thiocarbonyl (C=S) groups is 1. The number of carbonyl (C=O) groups excluding carboxylic acids is 1. The van der Waals surface area contributed by atoms with Crippen molar-refractivity contribution in [2.75, 3.05) is 0 Å². The highest BCUT2D eigenvalue weighted by atomic mass is 32.1. The van der Waals surface area contributed by atoms with Crippen molar-refractivity contribution in [3.8, 4) is 0 Å². The van der Waals surface area contributed by atoms with Crippen LogP contribution in [0.25, 0.3) is 0 Å². The average molecular weight is 270 g/mol. The Labute approximate surface area is 108 Å². The molecule has 0 heterocycles. The van der Waals surface area contributed by atoms with Crippen LogP contribution in [-0.4, -0.2) is 16.9 Å². The van der Waals surface area contributed by atoms with Gasteiger partial charge < -0.3 is 11.1 Å². The van der Waals surface area contributed by atoms with E-state index in [-0.39, 0.29) is 16.5 Å². The number of halogens is 2. The second kappa shape index (κ2) is 4.97. The van der Waals surface area contributed by atoms with Crippen molar-refractivity contribution in [2.24, 2.45) is 11.7 Å². The first-order chi connectivity index (χ1) is 8.47. The molecule has 1 aliphatic rings. The van der Waals surface area contributed by atoms with Gasteiger partial charge >= 0.3 is 0 Å². The van der Waals surface area contributed by atoms with Gasteiger partial charge in [-0.25, -0.2) is 8.78 Å². The van der Waals surface area contributed by atoms with Gasteiger partial charge in [-0.05, 0) is 30.9 Å². The van der Waals surface area contributed by atoms with E-state index in [0.29, 0.717) is 6.07 Å². The molecule has 2 rings (SSSR count). The van der Waals surface area contributed by atoms with Crippen LogP contribution in [0.4, 0.5) is 8.78 Å². The van der Waals surface area contributed by atoms with Gasteiger partial charge in [0.25, 0.3) is 5.91 Å². The SMILES string of the molecule is NC(=S)C(NC(=O)c1cc(F)cc(F)c1)C1CC1. The van der Waals surface area contributed by atoms with Crippen LogP contribution >= 0.6 is 12.2 Å². The van der Waals surface area contributed by atoms with Gasteiger partial charge in [0, 0.05) is 11.6 Å². The molecule has 1 atom stereocenters. The summed E-state index contributed by atoms with van der Waals surface area (Å²) in [5.41, 5.74) is 5.46. The van der Waals surface area contributed by atoms with E-state index in [2.05, 4.69) is 5.32 Å². The molecule has 1 unspecified atom stereocenters. The molecule has 1 saturated carbocycles. The summed E-state index contributed by atoms with van der Waals surface area (Å²) in [6.45, 7) is 0. The molecule has 1 aromatic rings. The van der Waals surface area contributed by atoms with Gasteiger partial charge in [-0.3, -0.25) is 4.79 Å². The van der Waals surface area contributed by atoms with E-state index in [0.717, 1.165) is 25.0 Å². The lowest BCUT2D eigenvalue weighted by Crippen LogP contribution is -2.45. The van der Waals surface area contributed by atoms with Crippen LogP contribution < -0.4 is 11.1 Å². The Kier molecular flexibility index (Phi) is 3.56. The summed E-state index contributed by atoms with van der Waals surface area (Å²) in [7, 11) is 0. The standard InChI is InChI=1S/C12H12F2N2OS/c13-8-3-7(4-9(14)5-8)12(17)16-10(11(15)18)6-1-2-6/h3-6,10H,1-2H2,(H2,15,18)(H,16,17). The first-order valence-corrected chi connectivity index (χ1v) is 5.94. The molecule has 0 radical (unpaired) electrons. The van der Waals surface area contributed by atoms with Gasteiger partial charge in [-0.15, -0.1) is 0 Å². The number of nitrogens with one attached hydrogen (secondary N) is 1. The number of hydrogen-bond donors (Lipinski definition) is 2. The summed E-state index contributed by atoms with van der Waals surface area (Å²) in [5.74, 6) is -1.92. The van der Waals surface area contributed by atoms with Gasteiger partial charge in [0.2, 0.25) is 0 Å². The van der Waals surface area contributed by atoms with E-state index < -0.39 is 23.6 Å². The van der Waals surface area contributed by atoms with Gasteiger partial charge in [-0.1, -0.05) is 12.2 Å². The summed E-state index contributed by atoms with van der Waals surface area (Å²) in [6, 6.07) is 2.26. The number of benzene rings is 1. The van der Waals surface area contributed by atoms with Crippen molar-refractivity contribution in [3.63, 3.8) is 0 Å². The lowest BCUT2D eigenvalue weighted by atomic mass is 10.1. The summed E-state index contributed by atoms with van der Waals surface area (Å²) in [5, 5.41) is 2.61. The average Bonchev–Trinajstić information content (AvgIpc) is 3.07. The maximum absolute atomic E-state index is 13.0. The minimum atomic E-state index is -0.793. The minimum absolute atomic E-state index is 0.0746. The molecule has 0 aliphatic heterocycles. The highest BCUT2D eigenvalue weighted by Crippen LogP contribution is 2.32. The number of rotatable bonds is 4. The molecule has 18 heavy (non-hydrogen) atoms. The summed E-state index contributed by atoms with van der Waals surface area (Å²) in [4.78, 5) is 12.0. The molecular formula is C12H12F2N2OS. The Morgan fingerprint density at radius 1 is 1.33 bits per heavy atom. The van der Waals surface area contributed by atoms with E-state index in [4.69, 9.17) is 18.0 Å². The van der Waals surface area contributed by atoms with Crippen molar-refractivity contribution in [1.82, 2.24) is 5.32 Å². The van der Waals surface area contributed by atoms with Gasteiger partial charge in [0.15, 0.2) is 0 Å². The third-order valence-corrected chi connectivity index (χ3v) is 3.07. The Bertz CT molecular complexity index is 483. The van der Waals surface area contributed by atoms with Crippen molar-refractivity contribution in [3.05, 3.63) is 35.4 Å². The second-order valence-electron chi connectivity index (χ2n) is 4.35. The number of carbonyl (C=O) groups is 1. The molecule has 0 bridgehead atoms. The molecule has 1 aliphatic carbocycles. The Balaban J connectivity index is 2.13.